The van der Waals surface area contributed by atoms with Crippen LogP contribution in [0.25, 0.3) is 0 Å². The Morgan fingerprint density at radius 3 is 2.10 bits per heavy atom. The van der Waals surface area contributed by atoms with Gasteiger partial charge in [-0.2, -0.15) is 13.2 Å². The van der Waals surface area contributed by atoms with E-state index in [-0.39, 0.29) is 23.7 Å². The highest BCUT2D eigenvalue weighted by atomic mass is 19.4. The van der Waals surface area contributed by atoms with Crippen molar-refractivity contribution < 1.29 is 22.8 Å². The fourth-order valence-corrected chi connectivity index (χ4v) is 2.50. The van der Waals surface area contributed by atoms with Crippen LogP contribution < -0.4 is 0 Å². The van der Waals surface area contributed by atoms with Gasteiger partial charge in [0.1, 0.15) is 5.78 Å². The molecule has 0 atom stereocenters. The fourth-order valence-electron chi connectivity index (χ4n) is 2.50. The monoisotopic (exact) mass is 284 g/mol. The summed E-state index contributed by atoms with van der Waals surface area (Å²) in [7, 11) is 0. The largest absolute Gasteiger partial charge is 0.416 e. The third-order valence-electron chi connectivity index (χ3n) is 3.68. The Bertz CT molecular complexity index is 497. The van der Waals surface area contributed by atoms with Gasteiger partial charge in [-0.25, -0.2) is 0 Å². The van der Waals surface area contributed by atoms with Gasteiger partial charge in [-0.15, -0.1) is 0 Å². The Kier molecular flexibility index (Phi) is 4.26. The van der Waals surface area contributed by atoms with E-state index in [0.29, 0.717) is 0 Å². The highest BCUT2D eigenvalue weighted by molar-refractivity contribution is 6.08. The first-order valence-electron chi connectivity index (χ1n) is 6.61. The predicted octanol–water partition coefficient (Wildman–Crippen LogP) is 4.04. The summed E-state index contributed by atoms with van der Waals surface area (Å²) in [5.74, 6) is -0.545. The minimum Gasteiger partial charge on any atom is -0.299 e. The predicted molar refractivity (Wildman–Crippen MR) is 67.4 cm³/mol. The number of Topliss-reactive ketones (excluding diaryl/α,β-unsaturated/α-hetero) is 2. The van der Waals surface area contributed by atoms with Crippen molar-refractivity contribution in [2.24, 2.45) is 5.92 Å². The molecule has 0 radical (unpaired) electrons. The van der Waals surface area contributed by atoms with Crippen LogP contribution in [0.15, 0.2) is 24.3 Å². The lowest BCUT2D eigenvalue weighted by molar-refractivity contribution is -0.137. The number of carbonyl (C=O) groups is 2. The highest BCUT2D eigenvalue weighted by Gasteiger charge is 2.30. The first-order valence-corrected chi connectivity index (χ1v) is 6.61. The van der Waals surface area contributed by atoms with E-state index in [1.807, 2.05) is 0 Å². The molecule has 0 spiro atoms. The van der Waals surface area contributed by atoms with Crippen LogP contribution in [0.1, 0.15) is 48.0 Å². The topological polar surface area (TPSA) is 34.1 Å². The van der Waals surface area contributed by atoms with Crippen LogP contribution in [-0.4, -0.2) is 11.6 Å². The molecule has 0 amide bonds. The van der Waals surface area contributed by atoms with Crippen molar-refractivity contribution in [3.63, 3.8) is 0 Å². The lowest BCUT2D eigenvalue weighted by Gasteiger charge is -2.09. The number of ketones is 2. The van der Waals surface area contributed by atoms with Crippen molar-refractivity contribution in [2.75, 3.05) is 0 Å². The molecule has 2 nitrogen and oxygen atoms in total. The average Bonchev–Trinajstić information content (AvgIpc) is 2.91. The van der Waals surface area contributed by atoms with Gasteiger partial charge in [-0.05, 0) is 25.0 Å². The lowest BCUT2D eigenvalue weighted by Crippen LogP contribution is -2.16. The normalized spacial score (nSPS) is 16.4. The standard InChI is InChI=1S/C15H15F3O2/c16-15(17,18)12-7-5-11(6-8-12)14(20)9-13(19)10-3-1-2-4-10/h5-8,10H,1-4,9H2. The summed E-state index contributed by atoms with van der Waals surface area (Å²) in [4.78, 5) is 23.7. The SMILES string of the molecule is O=C(CC(=O)C1CCCC1)c1ccc(C(F)(F)F)cc1. The molecule has 1 aliphatic carbocycles. The Labute approximate surface area is 115 Å². The van der Waals surface area contributed by atoms with E-state index in [1.165, 1.54) is 0 Å². The summed E-state index contributed by atoms with van der Waals surface area (Å²) in [5.41, 5.74) is -0.638. The molecule has 0 saturated heterocycles. The lowest BCUT2D eigenvalue weighted by atomic mass is 9.95. The van der Waals surface area contributed by atoms with E-state index in [2.05, 4.69) is 0 Å². The van der Waals surface area contributed by atoms with Crippen LogP contribution in [0, 0.1) is 5.92 Å². The van der Waals surface area contributed by atoms with Crippen molar-refractivity contribution in [2.45, 2.75) is 38.3 Å². The number of halogens is 3. The summed E-state index contributed by atoms with van der Waals surface area (Å²) < 4.78 is 37.2. The molecule has 20 heavy (non-hydrogen) atoms. The zero-order valence-electron chi connectivity index (χ0n) is 10.9. The highest BCUT2D eigenvalue weighted by Crippen LogP contribution is 2.30. The number of alkyl halides is 3. The van der Waals surface area contributed by atoms with Gasteiger partial charge >= 0.3 is 6.18 Å². The minimum absolute atomic E-state index is 0.0478. The Balaban J connectivity index is 2.00. The molecule has 1 fully saturated rings. The first-order chi connectivity index (χ1) is 9.38. The van der Waals surface area contributed by atoms with E-state index >= 15 is 0 Å². The van der Waals surface area contributed by atoms with Gasteiger partial charge in [0, 0.05) is 11.5 Å². The van der Waals surface area contributed by atoms with Gasteiger partial charge < -0.3 is 0 Å². The van der Waals surface area contributed by atoms with Crippen molar-refractivity contribution >= 4 is 11.6 Å². The van der Waals surface area contributed by atoms with Crippen molar-refractivity contribution in [3.05, 3.63) is 35.4 Å². The molecule has 0 heterocycles. The number of hydrogen-bond donors (Lipinski definition) is 0. The zero-order valence-corrected chi connectivity index (χ0v) is 10.9. The van der Waals surface area contributed by atoms with E-state index in [0.717, 1.165) is 49.9 Å². The van der Waals surface area contributed by atoms with E-state index in [4.69, 9.17) is 0 Å². The quantitative estimate of drug-likeness (QED) is 0.617. The summed E-state index contributed by atoms with van der Waals surface area (Å²) >= 11 is 0. The second-order valence-electron chi connectivity index (χ2n) is 5.12. The minimum atomic E-state index is -4.42. The summed E-state index contributed by atoms with van der Waals surface area (Å²) in [5, 5.41) is 0. The van der Waals surface area contributed by atoms with Gasteiger partial charge in [-0.1, -0.05) is 25.0 Å². The Morgan fingerprint density at radius 1 is 1.05 bits per heavy atom. The van der Waals surface area contributed by atoms with Crippen LogP contribution in [0.4, 0.5) is 13.2 Å². The molecule has 108 valence electrons. The van der Waals surface area contributed by atoms with Gasteiger partial charge in [0.15, 0.2) is 5.78 Å². The first kappa shape index (κ1) is 14.8. The molecule has 5 heteroatoms. The maximum absolute atomic E-state index is 12.4. The number of rotatable bonds is 4. The molecular formula is C15H15F3O2. The smallest absolute Gasteiger partial charge is 0.299 e. The summed E-state index contributed by atoms with van der Waals surface area (Å²) in [6.45, 7) is 0. The fraction of sp³-hybridized carbons (Fsp3) is 0.467. The molecule has 1 aromatic carbocycles. The van der Waals surface area contributed by atoms with E-state index in [9.17, 15) is 22.8 Å². The molecule has 0 unspecified atom stereocenters. The summed E-state index contributed by atoms with van der Waals surface area (Å²) in [6.07, 6.45) is -0.981. The van der Waals surface area contributed by atoms with Crippen LogP contribution in [0.5, 0.6) is 0 Å². The Hall–Kier alpha value is -1.65. The van der Waals surface area contributed by atoms with Crippen LogP contribution >= 0.6 is 0 Å². The molecule has 1 saturated carbocycles. The van der Waals surface area contributed by atoms with Crippen molar-refractivity contribution in [1.29, 1.82) is 0 Å². The molecule has 0 bridgehead atoms. The molecule has 1 aromatic rings. The molecule has 1 aliphatic rings. The zero-order chi connectivity index (χ0) is 14.8. The molecule has 0 N–H and O–H groups in total. The number of hydrogen-bond acceptors (Lipinski definition) is 2. The Morgan fingerprint density at radius 2 is 1.60 bits per heavy atom. The maximum Gasteiger partial charge on any atom is 0.416 e. The third kappa shape index (κ3) is 3.46. The molecule has 2 rings (SSSR count). The second kappa shape index (κ2) is 5.77. The van der Waals surface area contributed by atoms with Gasteiger partial charge in [-0.3, -0.25) is 9.59 Å². The van der Waals surface area contributed by atoms with Crippen LogP contribution in [0.3, 0.4) is 0 Å². The van der Waals surface area contributed by atoms with E-state index in [1.54, 1.807) is 0 Å². The van der Waals surface area contributed by atoms with Crippen molar-refractivity contribution in [1.82, 2.24) is 0 Å². The summed E-state index contributed by atoms with van der Waals surface area (Å²) in [6, 6.07) is 4.00. The second-order valence-corrected chi connectivity index (χ2v) is 5.12. The maximum atomic E-state index is 12.4. The average molecular weight is 284 g/mol. The van der Waals surface area contributed by atoms with Crippen molar-refractivity contribution in [3.8, 4) is 0 Å². The van der Waals surface area contributed by atoms with E-state index < -0.39 is 17.5 Å². The third-order valence-corrected chi connectivity index (χ3v) is 3.68. The van der Waals surface area contributed by atoms with Crippen LogP contribution in [-0.2, 0) is 11.0 Å². The molecule has 0 aromatic heterocycles. The van der Waals surface area contributed by atoms with Gasteiger partial charge in [0.2, 0.25) is 0 Å². The van der Waals surface area contributed by atoms with Gasteiger partial charge in [0.05, 0.1) is 12.0 Å². The number of carbonyl (C=O) groups excluding carboxylic acids is 2. The molecular weight excluding hydrogens is 269 g/mol. The van der Waals surface area contributed by atoms with Crippen LogP contribution in [0.2, 0.25) is 0 Å². The molecule has 0 aliphatic heterocycles. The number of benzene rings is 1. The van der Waals surface area contributed by atoms with Gasteiger partial charge in [0.25, 0.3) is 0 Å².